The van der Waals surface area contributed by atoms with E-state index in [9.17, 15) is 9.59 Å². The third-order valence-electron chi connectivity index (χ3n) is 4.38. The number of rotatable bonds is 7. The number of carbonyl (C=O) groups excluding carboxylic acids is 1. The molecule has 1 heterocycles. The summed E-state index contributed by atoms with van der Waals surface area (Å²) >= 11 is 1.67. The third kappa shape index (κ3) is 4.43. The highest BCUT2D eigenvalue weighted by atomic mass is 32.2. The fraction of sp³-hybridized carbons (Fsp3) is 0.300. The summed E-state index contributed by atoms with van der Waals surface area (Å²) in [5.74, 6) is -0.239. The largest absolute Gasteiger partial charge is 0.324 e. The number of fused-ring (bicyclic) bond motifs is 1. The molecule has 0 radical (unpaired) electrons. The van der Waals surface area contributed by atoms with Gasteiger partial charge in [-0.15, -0.1) is 0 Å². The van der Waals surface area contributed by atoms with Crippen molar-refractivity contribution in [3.05, 3.63) is 58.4 Å². The number of aryl methyl sites for hydroxylation is 1. The van der Waals surface area contributed by atoms with Crippen molar-refractivity contribution < 1.29 is 4.79 Å². The summed E-state index contributed by atoms with van der Waals surface area (Å²) in [7, 11) is 0. The molecule has 0 aliphatic carbocycles. The van der Waals surface area contributed by atoms with Gasteiger partial charge in [0, 0.05) is 23.7 Å². The predicted octanol–water partition coefficient (Wildman–Crippen LogP) is 3.63. The third-order valence-corrected chi connectivity index (χ3v) is 5.62. The van der Waals surface area contributed by atoms with Gasteiger partial charge in [-0.3, -0.25) is 14.7 Å². The molecule has 0 atom stereocenters. The molecular weight excluding hydrogens is 360 g/mol. The molecule has 3 rings (SSSR count). The number of para-hydroxylation sites is 1. The molecule has 0 saturated heterocycles. The highest BCUT2D eigenvalue weighted by Gasteiger charge is 2.12. The molecule has 1 aromatic heterocycles. The molecular formula is C20H24N4O2S. The first-order valence-corrected chi connectivity index (χ1v) is 9.80. The summed E-state index contributed by atoms with van der Waals surface area (Å²) in [4.78, 5) is 25.9. The number of amides is 1. The lowest BCUT2D eigenvalue weighted by molar-refractivity contribution is -0.116. The van der Waals surface area contributed by atoms with Crippen LogP contribution in [-0.2, 0) is 11.3 Å². The predicted molar refractivity (Wildman–Crippen MR) is 111 cm³/mol. The lowest BCUT2D eigenvalue weighted by atomic mass is 10.2. The van der Waals surface area contributed by atoms with Gasteiger partial charge < -0.3 is 5.32 Å². The van der Waals surface area contributed by atoms with Crippen LogP contribution in [0.1, 0.15) is 19.4 Å². The van der Waals surface area contributed by atoms with Crippen LogP contribution < -0.4 is 10.9 Å². The topological polar surface area (TPSA) is 70.1 Å². The fourth-order valence-electron chi connectivity index (χ4n) is 2.85. The minimum atomic E-state index is -0.239. The van der Waals surface area contributed by atoms with Gasteiger partial charge in [-0.2, -0.15) is 0 Å². The average Bonchev–Trinajstić information content (AvgIpc) is 2.98. The second-order valence-electron chi connectivity index (χ2n) is 6.28. The minimum Gasteiger partial charge on any atom is -0.324 e. The van der Waals surface area contributed by atoms with Crippen LogP contribution in [0.15, 0.2) is 52.2 Å². The summed E-state index contributed by atoms with van der Waals surface area (Å²) in [5.41, 5.74) is 2.28. The van der Waals surface area contributed by atoms with Crippen molar-refractivity contribution in [3.8, 4) is 0 Å². The Labute approximate surface area is 162 Å². The van der Waals surface area contributed by atoms with Crippen molar-refractivity contribution in [2.75, 3.05) is 18.4 Å². The van der Waals surface area contributed by atoms with Gasteiger partial charge >= 0.3 is 0 Å². The van der Waals surface area contributed by atoms with E-state index >= 15 is 0 Å². The summed E-state index contributed by atoms with van der Waals surface area (Å²) in [6.07, 6.45) is 0. The van der Waals surface area contributed by atoms with Gasteiger partial charge in [0.2, 0.25) is 5.91 Å². The van der Waals surface area contributed by atoms with Crippen molar-refractivity contribution in [2.24, 2.45) is 0 Å². The molecule has 1 amide bonds. The Morgan fingerprint density at radius 1 is 1.19 bits per heavy atom. The number of nitrogens with one attached hydrogen (secondary N) is 2. The molecule has 0 unspecified atom stereocenters. The van der Waals surface area contributed by atoms with Gasteiger partial charge in [0.05, 0.1) is 10.9 Å². The number of benzene rings is 2. The quantitative estimate of drug-likeness (QED) is 0.611. The highest BCUT2D eigenvalue weighted by Crippen LogP contribution is 2.27. The number of aromatic amines is 1. The number of anilines is 1. The Bertz CT molecular complexity index is 1000. The Balaban J connectivity index is 1.75. The van der Waals surface area contributed by atoms with E-state index in [1.54, 1.807) is 18.0 Å². The molecule has 27 heavy (non-hydrogen) atoms. The maximum absolute atomic E-state index is 12.5. The van der Waals surface area contributed by atoms with Crippen molar-refractivity contribution in [3.63, 3.8) is 0 Å². The van der Waals surface area contributed by atoms with Gasteiger partial charge in [0.25, 0.3) is 5.56 Å². The van der Waals surface area contributed by atoms with Gasteiger partial charge in [0.15, 0.2) is 0 Å². The first kappa shape index (κ1) is 19.3. The van der Waals surface area contributed by atoms with E-state index in [1.165, 1.54) is 4.68 Å². The number of carbonyl (C=O) groups is 1. The molecule has 6 nitrogen and oxygen atoms in total. The van der Waals surface area contributed by atoms with Crippen LogP contribution in [-0.4, -0.2) is 33.1 Å². The van der Waals surface area contributed by atoms with Crippen LogP contribution >= 0.6 is 11.9 Å². The summed E-state index contributed by atoms with van der Waals surface area (Å²) in [6, 6.07) is 13.3. The van der Waals surface area contributed by atoms with Crippen LogP contribution in [0.4, 0.5) is 5.69 Å². The van der Waals surface area contributed by atoms with E-state index in [0.29, 0.717) is 5.39 Å². The first-order valence-electron chi connectivity index (χ1n) is 9.02. The van der Waals surface area contributed by atoms with Gasteiger partial charge in [0.1, 0.15) is 6.54 Å². The molecule has 3 aromatic rings. The Morgan fingerprint density at radius 2 is 1.93 bits per heavy atom. The van der Waals surface area contributed by atoms with Crippen molar-refractivity contribution in [1.82, 2.24) is 14.1 Å². The molecule has 142 valence electrons. The normalized spacial score (nSPS) is 11.3. The van der Waals surface area contributed by atoms with Crippen molar-refractivity contribution >= 4 is 34.4 Å². The van der Waals surface area contributed by atoms with Crippen molar-refractivity contribution in [2.45, 2.75) is 32.2 Å². The van der Waals surface area contributed by atoms with Crippen LogP contribution in [0.2, 0.25) is 0 Å². The van der Waals surface area contributed by atoms with E-state index in [0.717, 1.165) is 34.8 Å². The number of H-pyrrole nitrogens is 1. The molecule has 2 N–H and O–H groups in total. The number of hydrogen-bond donors (Lipinski definition) is 2. The fourth-order valence-corrected chi connectivity index (χ4v) is 3.70. The van der Waals surface area contributed by atoms with E-state index in [2.05, 4.69) is 34.6 Å². The average molecular weight is 385 g/mol. The molecule has 0 spiro atoms. The van der Waals surface area contributed by atoms with E-state index in [1.807, 2.05) is 37.3 Å². The molecule has 2 aromatic carbocycles. The lowest BCUT2D eigenvalue weighted by Crippen LogP contribution is -2.26. The molecule has 0 bridgehead atoms. The number of aromatic nitrogens is 2. The maximum atomic E-state index is 12.5. The summed E-state index contributed by atoms with van der Waals surface area (Å²) in [5, 5.41) is 6.49. The van der Waals surface area contributed by atoms with Gasteiger partial charge in [-0.05, 0) is 48.7 Å². The lowest BCUT2D eigenvalue weighted by Gasteiger charge is -2.17. The van der Waals surface area contributed by atoms with Crippen LogP contribution in [0.25, 0.3) is 10.9 Å². The second-order valence-corrected chi connectivity index (χ2v) is 7.45. The summed E-state index contributed by atoms with van der Waals surface area (Å²) < 4.78 is 3.57. The molecule has 0 saturated carbocycles. The summed E-state index contributed by atoms with van der Waals surface area (Å²) in [6.45, 7) is 8.02. The monoisotopic (exact) mass is 384 g/mol. The van der Waals surface area contributed by atoms with Crippen LogP contribution in [0, 0.1) is 6.92 Å². The highest BCUT2D eigenvalue weighted by molar-refractivity contribution is 7.97. The number of hydrogen-bond acceptors (Lipinski definition) is 4. The standard InChI is InChI=1S/C20H24N4O2S/c1-4-23(5-2)27-15-11-10-14(3)18(12-15)21-19(25)13-24-20(26)16-8-6-7-9-17(16)22-24/h6-12,22H,4-5,13H2,1-3H3,(H,21,25). The molecule has 0 fully saturated rings. The van der Waals surface area contributed by atoms with E-state index < -0.39 is 0 Å². The first-order chi connectivity index (χ1) is 13.0. The smallest absolute Gasteiger partial charge is 0.274 e. The second kappa shape index (κ2) is 8.45. The Morgan fingerprint density at radius 3 is 2.63 bits per heavy atom. The van der Waals surface area contributed by atoms with Crippen LogP contribution in [0.5, 0.6) is 0 Å². The SMILES string of the molecule is CCN(CC)Sc1ccc(C)c(NC(=O)Cn2[nH]c3ccccc3c2=O)c1. The molecule has 7 heteroatoms. The van der Waals surface area contributed by atoms with Gasteiger partial charge in [-0.25, -0.2) is 8.99 Å². The molecule has 0 aliphatic rings. The van der Waals surface area contributed by atoms with E-state index in [4.69, 9.17) is 0 Å². The zero-order valence-corrected chi connectivity index (χ0v) is 16.6. The van der Waals surface area contributed by atoms with Gasteiger partial charge in [-0.1, -0.05) is 32.0 Å². The number of nitrogens with zero attached hydrogens (tertiary/aromatic N) is 2. The van der Waals surface area contributed by atoms with Crippen LogP contribution in [0.3, 0.4) is 0 Å². The zero-order valence-electron chi connectivity index (χ0n) is 15.8. The maximum Gasteiger partial charge on any atom is 0.274 e. The molecule has 0 aliphatic heterocycles. The van der Waals surface area contributed by atoms with E-state index in [-0.39, 0.29) is 18.0 Å². The van der Waals surface area contributed by atoms with Crippen molar-refractivity contribution in [1.29, 1.82) is 0 Å². The Kier molecular flexibility index (Phi) is 6.03. The Hall–Kier alpha value is -2.51. The zero-order chi connectivity index (χ0) is 19.4. The minimum absolute atomic E-state index is 0.0552.